The first-order valence-electron chi connectivity index (χ1n) is 11.4. The summed E-state index contributed by atoms with van der Waals surface area (Å²) in [7, 11) is 0. The number of aromatic nitrogens is 2. The molecule has 0 N–H and O–H groups in total. The zero-order valence-corrected chi connectivity index (χ0v) is 18.3. The van der Waals surface area contributed by atoms with Gasteiger partial charge < -0.3 is 4.42 Å². The van der Waals surface area contributed by atoms with Gasteiger partial charge in [-0.1, -0.05) is 78.9 Å². The number of hydrogen-bond donors (Lipinski definition) is 0. The Bertz CT molecular complexity index is 1580. The van der Waals surface area contributed by atoms with Gasteiger partial charge in [0.05, 0.1) is 11.1 Å². The van der Waals surface area contributed by atoms with Crippen molar-refractivity contribution in [2.45, 2.75) is 5.41 Å². The number of benzene rings is 4. The normalized spacial score (nSPS) is 16.4. The molecule has 0 saturated carbocycles. The maximum Gasteiger partial charge on any atom is 0.227 e. The van der Waals surface area contributed by atoms with Gasteiger partial charge in [0.2, 0.25) is 5.89 Å². The first kappa shape index (κ1) is 19.0. The second kappa shape index (κ2) is 7.26. The summed E-state index contributed by atoms with van der Waals surface area (Å²) in [6.07, 6.45) is 1.88. The van der Waals surface area contributed by atoms with E-state index in [2.05, 4.69) is 84.9 Å². The molecule has 0 fully saturated rings. The fraction of sp³-hybridized carbons (Fsp3) is 0.0323. The fourth-order valence-electron chi connectivity index (χ4n) is 5.42. The molecule has 34 heavy (non-hydrogen) atoms. The maximum absolute atomic E-state index is 6.14. The van der Waals surface area contributed by atoms with Crippen LogP contribution in [-0.2, 0) is 5.41 Å². The lowest BCUT2D eigenvalue weighted by molar-refractivity contribution is 0.619. The van der Waals surface area contributed by atoms with E-state index in [4.69, 9.17) is 14.4 Å². The van der Waals surface area contributed by atoms with Crippen LogP contribution in [0, 0.1) is 0 Å². The molecule has 0 saturated heterocycles. The van der Waals surface area contributed by atoms with Crippen LogP contribution in [0.1, 0.15) is 22.4 Å². The van der Waals surface area contributed by atoms with Gasteiger partial charge in [-0.3, -0.25) is 4.98 Å². The third kappa shape index (κ3) is 2.58. The van der Waals surface area contributed by atoms with Crippen molar-refractivity contribution in [2.24, 2.45) is 0 Å². The highest BCUT2D eigenvalue weighted by Crippen LogP contribution is 2.56. The van der Waals surface area contributed by atoms with Crippen molar-refractivity contribution in [1.29, 1.82) is 0 Å². The number of nitrogens with zero attached hydrogens (tertiary/aromatic N) is 2. The summed E-state index contributed by atoms with van der Waals surface area (Å²) >= 11 is 0. The summed E-state index contributed by atoms with van der Waals surface area (Å²) in [5.41, 5.74) is 9.15. The first-order valence-corrected chi connectivity index (χ1v) is 11.4. The largest absolute Gasteiger partial charge is 0.436 e. The topological polar surface area (TPSA) is 38.9 Å². The molecule has 1 aliphatic rings. The Balaban J connectivity index is 1.57. The van der Waals surface area contributed by atoms with E-state index < -0.39 is 5.41 Å². The van der Waals surface area contributed by atoms with Crippen molar-refractivity contribution in [3.63, 3.8) is 0 Å². The van der Waals surface area contributed by atoms with Crippen LogP contribution < -0.4 is 0 Å². The maximum atomic E-state index is 6.14. The van der Waals surface area contributed by atoms with E-state index in [1.54, 1.807) is 0 Å². The minimum absolute atomic E-state index is 0.531. The van der Waals surface area contributed by atoms with E-state index in [0.717, 1.165) is 22.4 Å². The lowest BCUT2D eigenvalue weighted by atomic mass is 9.69. The highest BCUT2D eigenvalue weighted by Gasteiger charge is 2.47. The Labute approximate surface area is 197 Å². The lowest BCUT2D eigenvalue weighted by Gasteiger charge is -2.32. The molecular formula is C31H20N2O. The molecule has 1 unspecified atom stereocenters. The van der Waals surface area contributed by atoms with E-state index in [1.807, 2.05) is 36.5 Å². The summed E-state index contributed by atoms with van der Waals surface area (Å²) in [6, 6.07) is 39.9. The highest BCUT2D eigenvalue weighted by atomic mass is 16.3. The minimum atomic E-state index is -0.531. The molecule has 160 valence electrons. The second-order valence-corrected chi connectivity index (χ2v) is 8.62. The first-order chi connectivity index (χ1) is 16.9. The Morgan fingerprint density at radius 3 is 2.24 bits per heavy atom. The Kier molecular flexibility index (Phi) is 4.06. The van der Waals surface area contributed by atoms with Crippen molar-refractivity contribution in [3.8, 4) is 22.6 Å². The molecule has 0 spiro atoms. The van der Waals surface area contributed by atoms with Crippen molar-refractivity contribution < 1.29 is 4.42 Å². The summed E-state index contributed by atoms with van der Waals surface area (Å²) in [5, 5.41) is 0. The Hall–Kier alpha value is -4.50. The zero-order valence-electron chi connectivity index (χ0n) is 18.3. The molecule has 2 heterocycles. The van der Waals surface area contributed by atoms with Gasteiger partial charge in [-0.05, 0) is 64.2 Å². The van der Waals surface area contributed by atoms with E-state index in [9.17, 15) is 0 Å². The lowest BCUT2D eigenvalue weighted by Crippen LogP contribution is -2.29. The number of oxazole rings is 1. The smallest absolute Gasteiger partial charge is 0.227 e. The number of para-hydroxylation sites is 2. The van der Waals surface area contributed by atoms with Crippen molar-refractivity contribution in [3.05, 3.63) is 144 Å². The van der Waals surface area contributed by atoms with Crippen molar-refractivity contribution in [2.75, 3.05) is 0 Å². The molecule has 3 heteroatoms. The monoisotopic (exact) mass is 436 g/mol. The second-order valence-electron chi connectivity index (χ2n) is 8.62. The Morgan fingerprint density at radius 2 is 1.38 bits per heavy atom. The Morgan fingerprint density at radius 1 is 0.618 bits per heavy atom. The van der Waals surface area contributed by atoms with Gasteiger partial charge in [0.1, 0.15) is 5.52 Å². The summed E-state index contributed by atoms with van der Waals surface area (Å²) in [5.74, 6) is 0.628. The molecule has 4 aromatic carbocycles. The van der Waals surface area contributed by atoms with Gasteiger partial charge in [-0.15, -0.1) is 0 Å². The molecule has 2 aromatic heterocycles. The van der Waals surface area contributed by atoms with Crippen LogP contribution in [0.4, 0.5) is 0 Å². The van der Waals surface area contributed by atoms with Crippen LogP contribution in [0.5, 0.6) is 0 Å². The van der Waals surface area contributed by atoms with Crippen LogP contribution in [0.2, 0.25) is 0 Å². The molecule has 0 amide bonds. The average Bonchev–Trinajstić information content (AvgIpc) is 3.47. The van der Waals surface area contributed by atoms with Gasteiger partial charge in [0.25, 0.3) is 0 Å². The summed E-state index contributed by atoms with van der Waals surface area (Å²) in [4.78, 5) is 9.67. The van der Waals surface area contributed by atoms with Gasteiger partial charge in [-0.2, -0.15) is 0 Å². The number of rotatable bonds is 3. The van der Waals surface area contributed by atoms with Crippen LogP contribution >= 0.6 is 0 Å². The van der Waals surface area contributed by atoms with Crippen LogP contribution in [0.3, 0.4) is 0 Å². The van der Waals surface area contributed by atoms with Crippen LogP contribution in [0.15, 0.2) is 126 Å². The molecule has 1 aliphatic carbocycles. The van der Waals surface area contributed by atoms with Gasteiger partial charge in [0, 0.05) is 11.8 Å². The predicted octanol–water partition coefficient (Wildman–Crippen LogP) is 7.25. The van der Waals surface area contributed by atoms with Crippen LogP contribution in [-0.4, -0.2) is 9.97 Å². The van der Waals surface area contributed by atoms with E-state index >= 15 is 0 Å². The number of hydrogen-bond acceptors (Lipinski definition) is 3. The highest BCUT2D eigenvalue weighted by molar-refractivity contribution is 5.88. The molecule has 0 bridgehead atoms. The molecule has 3 nitrogen and oxygen atoms in total. The third-order valence-electron chi connectivity index (χ3n) is 6.84. The van der Waals surface area contributed by atoms with Gasteiger partial charge in [0.15, 0.2) is 5.58 Å². The molecule has 1 atom stereocenters. The van der Waals surface area contributed by atoms with E-state index in [0.29, 0.717) is 5.89 Å². The quantitative estimate of drug-likeness (QED) is 0.293. The SMILES string of the molecule is c1ccc(C2(c3ccccn3)c3ccccc3-c3ccc(-c4nc5ccccc5o4)cc32)cc1. The van der Waals surface area contributed by atoms with Crippen molar-refractivity contribution in [1.82, 2.24) is 9.97 Å². The molecule has 6 aromatic rings. The van der Waals surface area contributed by atoms with E-state index in [1.165, 1.54) is 27.8 Å². The van der Waals surface area contributed by atoms with Gasteiger partial charge in [-0.25, -0.2) is 4.98 Å². The molecule has 0 radical (unpaired) electrons. The minimum Gasteiger partial charge on any atom is -0.436 e. The summed E-state index contributed by atoms with van der Waals surface area (Å²) < 4.78 is 6.14. The molecular weight excluding hydrogens is 416 g/mol. The van der Waals surface area contributed by atoms with Crippen molar-refractivity contribution >= 4 is 11.1 Å². The van der Waals surface area contributed by atoms with E-state index in [-0.39, 0.29) is 0 Å². The molecule has 0 aliphatic heterocycles. The summed E-state index contributed by atoms with van der Waals surface area (Å²) in [6.45, 7) is 0. The fourth-order valence-corrected chi connectivity index (χ4v) is 5.42. The standard InChI is InChI=1S/C31H20N2O/c1-2-10-22(11-3-1)31(29-16-8-9-19-32-29)25-13-5-4-12-23(25)24-18-17-21(20-26(24)31)30-33-27-14-6-7-15-28(27)34-30/h1-20H. The third-order valence-corrected chi connectivity index (χ3v) is 6.84. The predicted molar refractivity (Wildman–Crippen MR) is 135 cm³/mol. The molecule has 7 rings (SSSR count). The number of fused-ring (bicyclic) bond motifs is 4. The van der Waals surface area contributed by atoms with Gasteiger partial charge >= 0.3 is 0 Å². The zero-order chi connectivity index (χ0) is 22.5. The number of pyridine rings is 1. The average molecular weight is 437 g/mol. The van der Waals surface area contributed by atoms with Crippen LogP contribution in [0.25, 0.3) is 33.7 Å².